The zero-order valence-corrected chi connectivity index (χ0v) is 6.96. The Morgan fingerprint density at radius 3 is 2.85 bits per heavy atom. The van der Waals surface area contributed by atoms with Crippen molar-refractivity contribution in [2.75, 3.05) is 0 Å². The molecule has 0 fully saturated rings. The van der Waals surface area contributed by atoms with E-state index in [9.17, 15) is 0 Å². The summed E-state index contributed by atoms with van der Waals surface area (Å²) in [6.07, 6.45) is 0. The average Bonchev–Trinajstić information content (AvgIpc) is 2.68. The number of H-pyrrole nitrogens is 1. The summed E-state index contributed by atoms with van der Waals surface area (Å²) in [6.45, 7) is 0. The first kappa shape index (κ1) is 5.81. The van der Waals surface area contributed by atoms with Gasteiger partial charge in [0.05, 0.1) is 5.52 Å². The van der Waals surface area contributed by atoms with Gasteiger partial charge in [0.25, 0.3) is 0 Å². The Hall–Kier alpha value is -1.76. The van der Waals surface area contributed by atoms with E-state index in [2.05, 4.69) is 41.4 Å². The molecule has 1 N–H and O–H groups in total. The molecule has 2 aliphatic carbocycles. The lowest BCUT2D eigenvalue weighted by molar-refractivity contribution is 1.57. The molecule has 1 nitrogen and oxygen atoms in total. The van der Waals surface area contributed by atoms with Crippen molar-refractivity contribution in [3.63, 3.8) is 0 Å². The van der Waals surface area contributed by atoms with Gasteiger partial charge in [-0.1, -0.05) is 18.2 Å². The standard InChI is InChI=1S/C12H7N/c1-2-4-11-8(3-1)10-6-7-5-9(7)12(10)13-11/h1-6,13H. The van der Waals surface area contributed by atoms with Gasteiger partial charge >= 0.3 is 0 Å². The molecule has 0 radical (unpaired) electrons. The van der Waals surface area contributed by atoms with Crippen molar-refractivity contribution in [2.24, 2.45) is 0 Å². The van der Waals surface area contributed by atoms with Crippen LogP contribution in [0.4, 0.5) is 0 Å². The van der Waals surface area contributed by atoms with Crippen LogP contribution >= 0.6 is 0 Å². The molecular weight excluding hydrogens is 158 g/mol. The Kier molecular flexibility index (Phi) is 0.724. The third kappa shape index (κ3) is 0.560. The van der Waals surface area contributed by atoms with Crippen LogP contribution in [0.3, 0.4) is 0 Å². The first-order chi connectivity index (χ1) is 6.43. The van der Waals surface area contributed by atoms with Crippen molar-refractivity contribution in [3.05, 3.63) is 36.4 Å². The molecule has 2 aliphatic rings. The predicted molar refractivity (Wildman–Crippen MR) is 54.8 cm³/mol. The van der Waals surface area contributed by atoms with E-state index in [1.165, 1.54) is 32.9 Å². The molecular formula is C12H7N. The van der Waals surface area contributed by atoms with Gasteiger partial charge in [-0.3, -0.25) is 0 Å². The molecule has 0 amide bonds. The minimum Gasteiger partial charge on any atom is -0.354 e. The quantitative estimate of drug-likeness (QED) is 0.411. The van der Waals surface area contributed by atoms with Crippen LogP contribution in [0.15, 0.2) is 36.4 Å². The zero-order valence-electron chi connectivity index (χ0n) is 6.96. The fourth-order valence-electron chi connectivity index (χ4n) is 2.14. The summed E-state index contributed by atoms with van der Waals surface area (Å²) in [5, 5.41) is 2.72. The average molecular weight is 165 g/mol. The molecule has 0 spiro atoms. The van der Waals surface area contributed by atoms with E-state index in [-0.39, 0.29) is 0 Å². The van der Waals surface area contributed by atoms with E-state index in [0.717, 1.165) is 0 Å². The summed E-state index contributed by atoms with van der Waals surface area (Å²) in [5.74, 6) is 0. The summed E-state index contributed by atoms with van der Waals surface area (Å²) >= 11 is 0. The normalized spacial score (nSPS) is 12.6. The number of rotatable bonds is 0. The van der Waals surface area contributed by atoms with Gasteiger partial charge in [0.1, 0.15) is 0 Å². The number of hydrogen-bond donors (Lipinski definition) is 1. The van der Waals surface area contributed by atoms with Gasteiger partial charge in [0.2, 0.25) is 0 Å². The van der Waals surface area contributed by atoms with Gasteiger partial charge in [0, 0.05) is 21.9 Å². The van der Waals surface area contributed by atoms with Gasteiger partial charge in [0.15, 0.2) is 0 Å². The largest absolute Gasteiger partial charge is 0.354 e. The van der Waals surface area contributed by atoms with Crippen molar-refractivity contribution in [3.8, 4) is 11.1 Å². The van der Waals surface area contributed by atoms with Gasteiger partial charge in [-0.2, -0.15) is 0 Å². The molecule has 1 aromatic carbocycles. The molecule has 0 aliphatic heterocycles. The highest BCUT2D eigenvalue weighted by Gasteiger charge is 2.20. The van der Waals surface area contributed by atoms with Gasteiger partial charge in [-0.05, 0) is 23.8 Å². The molecule has 1 heterocycles. The van der Waals surface area contributed by atoms with E-state index in [1.54, 1.807) is 0 Å². The van der Waals surface area contributed by atoms with Crippen LogP contribution in [0.1, 0.15) is 0 Å². The molecule has 0 bridgehead atoms. The van der Waals surface area contributed by atoms with Gasteiger partial charge in [-0.15, -0.1) is 0 Å². The highest BCUT2D eigenvalue weighted by Crippen LogP contribution is 2.45. The second-order valence-corrected chi connectivity index (χ2v) is 3.62. The van der Waals surface area contributed by atoms with Crippen LogP contribution in [-0.4, -0.2) is 4.98 Å². The summed E-state index contributed by atoms with van der Waals surface area (Å²) in [7, 11) is 0. The molecule has 0 unspecified atom stereocenters. The number of hydrogen-bond acceptors (Lipinski definition) is 0. The molecule has 2 aromatic rings. The topological polar surface area (TPSA) is 15.8 Å². The summed E-state index contributed by atoms with van der Waals surface area (Å²) in [4.78, 5) is 3.45. The maximum Gasteiger partial charge on any atom is 0.0544 e. The fourth-order valence-corrected chi connectivity index (χ4v) is 2.14. The molecule has 13 heavy (non-hydrogen) atoms. The molecule has 4 rings (SSSR count). The van der Waals surface area contributed by atoms with Crippen LogP contribution in [0.2, 0.25) is 0 Å². The number of nitrogens with one attached hydrogen (secondary N) is 1. The lowest BCUT2D eigenvalue weighted by Crippen LogP contribution is -1.63. The summed E-state index contributed by atoms with van der Waals surface area (Å²) < 4.78 is 0. The Morgan fingerprint density at radius 2 is 1.85 bits per heavy atom. The lowest BCUT2D eigenvalue weighted by atomic mass is 10.2. The monoisotopic (exact) mass is 165 g/mol. The van der Waals surface area contributed by atoms with Crippen molar-refractivity contribution in [2.45, 2.75) is 0 Å². The number of benzene rings is 2. The number of fused-ring (bicyclic) bond motifs is 5. The highest BCUT2D eigenvalue weighted by molar-refractivity contribution is 6.18. The molecule has 0 atom stereocenters. The summed E-state index contributed by atoms with van der Waals surface area (Å²) in [6, 6.07) is 12.9. The second-order valence-electron chi connectivity index (χ2n) is 3.62. The first-order valence-electron chi connectivity index (χ1n) is 4.48. The Labute approximate surface area is 75.0 Å². The predicted octanol–water partition coefficient (Wildman–Crippen LogP) is 3.30. The van der Waals surface area contributed by atoms with Crippen molar-refractivity contribution >= 4 is 21.8 Å². The van der Waals surface area contributed by atoms with Crippen LogP contribution < -0.4 is 0 Å². The Balaban J connectivity index is 2.41. The second kappa shape index (κ2) is 1.62. The highest BCUT2D eigenvalue weighted by atomic mass is 14.7. The van der Waals surface area contributed by atoms with Crippen molar-refractivity contribution in [1.29, 1.82) is 0 Å². The van der Waals surface area contributed by atoms with Gasteiger partial charge < -0.3 is 4.98 Å². The molecule has 60 valence electrons. The van der Waals surface area contributed by atoms with Gasteiger partial charge in [-0.25, -0.2) is 0 Å². The molecule has 1 aromatic heterocycles. The molecule has 0 saturated heterocycles. The van der Waals surface area contributed by atoms with Crippen molar-refractivity contribution in [1.82, 2.24) is 4.98 Å². The first-order valence-corrected chi connectivity index (χ1v) is 4.48. The number of aromatic nitrogens is 1. The van der Waals surface area contributed by atoms with E-state index in [4.69, 9.17) is 0 Å². The van der Waals surface area contributed by atoms with E-state index in [1.807, 2.05) is 0 Å². The van der Waals surface area contributed by atoms with E-state index >= 15 is 0 Å². The zero-order chi connectivity index (χ0) is 8.41. The third-order valence-corrected chi connectivity index (χ3v) is 2.84. The van der Waals surface area contributed by atoms with Crippen LogP contribution in [-0.2, 0) is 0 Å². The Morgan fingerprint density at radius 1 is 0.923 bits per heavy atom. The lowest BCUT2D eigenvalue weighted by Gasteiger charge is -1.85. The van der Waals surface area contributed by atoms with E-state index in [0.29, 0.717) is 0 Å². The number of para-hydroxylation sites is 1. The van der Waals surface area contributed by atoms with Crippen LogP contribution in [0.5, 0.6) is 0 Å². The van der Waals surface area contributed by atoms with Crippen LogP contribution in [0, 0.1) is 0 Å². The SMILES string of the molecule is c1ccc2c(c1)[nH]c1c3cc-3cc12. The minimum atomic E-state index is 1.25. The third-order valence-electron chi connectivity index (χ3n) is 2.84. The molecule has 0 saturated carbocycles. The summed E-state index contributed by atoms with van der Waals surface area (Å²) in [5.41, 5.74) is 5.38. The smallest absolute Gasteiger partial charge is 0.0544 e. The maximum atomic E-state index is 3.45. The number of aromatic amines is 1. The fraction of sp³-hybridized carbons (Fsp3) is 0. The van der Waals surface area contributed by atoms with Crippen LogP contribution in [0.25, 0.3) is 32.9 Å². The Bertz CT molecular complexity index is 647. The maximum absolute atomic E-state index is 3.45. The van der Waals surface area contributed by atoms with Crippen molar-refractivity contribution < 1.29 is 0 Å². The van der Waals surface area contributed by atoms with E-state index < -0.39 is 0 Å². The minimum absolute atomic E-state index is 1.25. The molecule has 1 heteroatoms.